The molecule has 1 atom stereocenters. The fourth-order valence-corrected chi connectivity index (χ4v) is 3.77. The quantitative estimate of drug-likeness (QED) is 0.559. The number of benzene rings is 1. The van der Waals surface area contributed by atoms with Crippen molar-refractivity contribution in [3.63, 3.8) is 0 Å². The topological polar surface area (TPSA) is 59.8 Å². The lowest BCUT2D eigenvalue weighted by molar-refractivity contribution is 0.133. The Morgan fingerprint density at radius 3 is 2.45 bits per heavy atom. The zero-order chi connectivity index (χ0) is 22.4. The van der Waals surface area contributed by atoms with Crippen LogP contribution in [-0.2, 0) is 0 Å². The molecule has 1 fully saturated rings. The number of aryl methyl sites for hydroxylation is 1. The average Bonchev–Trinajstić information content (AvgIpc) is 2.69. The van der Waals surface area contributed by atoms with E-state index in [1.807, 2.05) is 0 Å². The summed E-state index contributed by atoms with van der Waals surface area (Å²) in [6, 6.07) is 2.40. The van der Waals surface area contributed by atoms with Crippen LogP contribution in [0.15, 0.2) is 29.2 Å². The average molecular weight is 438 g/mol. The minimum absolute atomic E-state index is 0.0183. The Morgan fingerprint density at radius 2 is 1.81 bits per heavy atom. The van der Waals surface area contributed by atoms with Crippen molar-refractivity contribution in [3.05, 3.63) is 63.3 Å². The van der Waals surface area contributed by atoms with Gasteiger partial charge in [0.1, 0.15) is 29.1 Å². The summed E-state index contributed by atoms with van der Waals surface area (Å²) in [6.07, 6.45) is -2.46. The molecule has 0 bridgehead atoms. The maximum Gasteiger partial charge on any atom is 0.289 e. The van der Waals surface area contributed by atoms with E-state index in [0.717, 1.165) is 10.6 Å². The largest absolute Gasteiger partial charge is 0.363 e. The fraction of sp³-hybridized carbons (Fsp3) is 0.381. The van der Waals surface area contributed by atoms with Crippen LogP contribution in [0.1, 0.15) is 55.2 Å². The van der Waals surface area contributed by atoms with Gasteiger partial charge in [-0.05, 0) is 26.7 Å². The third kappa shape index (κ3) is 3.75. The molecule has 1 saturated carbocycles. The molecule has 5 nitrogen and oxygen atoms in total. The van der Waals surface area contributed by atoms with Crippen molar-refractivity contribution in [1.29, 1.82) is 0 Å². The van der Waals surface area contributed by atoms with Crippen LogP contribution in [0.5, 0.6) is 0 Å². The standard InChI is InChI=1S/C21H19F5N4O/c1-9(13-4-3-5-14(16(13)23)19(25)26)27-20-15-8-30(12-6-11(22)7-12)21(31)17(24)18(15)28-10(2)29-20/h3-5,8-9,11-12,19H,6-7H2,1-2H3,(H,27,28,29)/t9-,11?,12?/m1/s1. The first kappa shape index (κ1) is 21.2. The van der Waals surface area contributed by atoms with Gasteiger partial charge in [-0.25, -0.2) is 27.5 Å². The highest BCUT2D eigenvalue weighted by Crippen LogP contribution is 2.35. The van der Waals surface area contributed by atoms with Crippen molar-refractivity contribution in [2.75, 3.05) is 5.32 Å². The van der Waals surface area contributed by atoms with Gasteiger partial charge in [-0.1, -0.05) is 18.2 Å². The van der Waals surface area contributed by atoms with Crippen molar-refractivity contribution in [2.45, 2.75) is 51.4 Å². The molecule has 31 heavy (non-hydrogen) atoms. The number of hydrogen-bond acceptors (Lipinski definition) is 4. The van der Waals surface area contributed by atoms with Crippen molar-refractivity contribution in [1.82, 2.24) is 14.5 Å². The van der Waals surface area contributed by atoms with E-state index in [2.05, 4.69) is 15.3 Å². The first-order chi connectivity index (χ1) is 14.7. The van der Waals surface area contributed by atoms with Gasteiger partial charge in [0, 0.05) is 17.8 Å². The van der Waals surface area contributed by atoms with Crippen LogP contribution >= 0.6 is 0 Å². The van der Waals surface area contributed by atoms with Gasteiger partial charge in [-0.15, -0.1) is 0 Å². The van der Waals surface area contributed by atoms with Gasteiger partial charge in [0.15, 0.2) is 0 Å². The molecule has 3 aromatic rings. The summed E-state index contributed by atoms with van der Waals surface area (Å²) in [5.74, 6) is -1.86. The summed E-state index contributed by atoms with van der Waals surface area (Å²) < 4.78 is 69.9. The van der Waals surface area contributed by atoms with Gasteiger partial charge in [0.05, 0.1) is 17.0 Å². The Hall–Kier alpha value is -3.04. The van der Waals surface area contributed by atoms with E-state index in [9.17, 15) is 26.7 Å². The predicted octanol–water partition coefficient (Wildman–Crippen LogP) is 5.16. The van der Waals surface area contributed by atoms with E-state index in [0.29, 0.717) is 0 Å². The number of rotatable bonds is 5. The molecule has 164 valence electrons. The van der Waals surface area contributed by atoms with Crippen molar-refractivity contribution in [3.8, 4) is 0 Å². The highest BCUT2D eigenvalue weighted by atomic mass is 19.3. The second kappa shape index (κ2) is 7.90. The van der Waals surface area contributed by atoms with Crippen LogP contribution in [0.3, 0.4) is 0 Å². The molecule has 0 saturated heterocycles. The number of nitrogens with zero attached hydrogens (tertiary/aromatic N) is 3. The normalized spacial score (nSPS) is 19.5. The lowest BCUT2D eigenvalue weighted by Crippen LogP contribution is -2.36. The molecule has 0 spiro atoms. The van der Waals surface area contributed by atoms with Crippen LogP contribution in [0, 0.1) is 18.6 Å². The van der Waals surface area contributed by atoms with Gasteiger partial charge in [0.25, 0.3) is 12.0 Å². The second-order valence-corrected chi connectivity index (χ2v) is 7.68. The molecule has 1 aliphatic carbocycles. The van der Waals surface area contributed by atoms with Gasteiger partial charge in [-0.3, -0.25) is 4.79 Å². The van der Waals surface area contributed by atoms with E-state index in [1.54, 1.807) is 6.92 Å². The lowest BCUT2D eigenvalue weighted by Gasteiger charge is -2.31. The van der Waals surface area contributed by atoms with E-state index < -0.39 is 47.4 Å². The molecule has 0 unspecified atom stereocenters. The minimum atomic E-state index is -2.97. The van der Waals surface area contributed by atoms with Crippen LogP contribution in [0.2, 0.25) is 0 Å². The number of hydrogen-bond donors (Lipinski definition) is 1. The Kier molecular flexibility index (Phi) is 5.40. The van der Waals surface area contributed by atoms with Crippen LogP contribution in [-0.4, -0.2) is 20.7 Å². The van der Waals surface area contributed by atoms with Crippen molar-refractivity contribution < 1.29 is 22.0 Å². The fourth-order valence-electron chi connectivity index (χ4n) is 3.77. The highest BCUT2D eigenvalue weighted by Gasteiger charge is 2.32. The molecule has 4 rings (SSSR count). The molecule has 0 aliphatic heterocycles. The molecule has 0 amide bonds. The molecule has 1 aliphatic rings. The second-order valence-electron chi connectivity index (χ2n) is 7.68. The maximum absolute atomic E-state index is 14.8. The van der Waals surface area contributed by atoms with Gasteiger partial charge in [0.2, 0.25) is 5.82 Å². The van der Waals surface area contributed by atoms with E-state index in [-0.39, 0.29) is 41.0 Å². The number of fused-ring (bicyclic) bond motifs is 1. The zero-order valence-corrected chi connectivity index (χ0v) is 16.7. The number of aromatic nitrogens is 3. The smallest absolute Gasteiger partial charge is 0.289 e. The predicted molar refractivity (Wildman–Crippen MR) is 105 cm³/mol. The molecule has 2 aromatic heterocycles. The summed E-state index contributed by atoms with van der Waals surface area (Å²) in [5.41, 5.74) is -1.87. The molecular formula is C21H19F5N4O. The Labute approximate surface area is 173 Å². The van der Waals surface area contributed by atoms with Crippen LogP contribution < -0.4 is 10.9 Å². The number of halogens is 5. The third-order valence-electron chi connectivity index (χ3n) is 5.52. The van der Waals surface area contributed by atoms with E-state index >= 15 is 0 Å². The van der Waals surface area contributed by atoms with Crippen molar-refractivity contribution >= 4 is 16.7 Å². The number of pyridine rings is 1. The summed E-state index contributed by atoms with van der Waals surface area (Å²) >= 11 is 0. The summed E-state index contributed by atoms with van der Waals surface area (Å²) in [4.78, 5) is 20.6. The van der Waals surface area contributed by atoms with Crippen LogP contribution in [0.4, 0.5) is 27.8 Å². The first-order valence-electron chi connectivity index (χ1n) is 9.73. The molecule has 1 aromatic carbocycles. The number of nitrogens with one attached hydrogen (secondary N) is 1. The molecule has 0 radical (unpaired) electrons. The Balaban J connectivity index is 1.79. The summed E-state index contributed by atoms with van der Waals surface area (Å²) in [7, 11) is 0. The maximum atomic E-state index is 14.8. The van der Waals surface area contributed by atoms with Gasteiger partial charge in [-0.2, -0.15) is 4.39 Å². The zero-order valence-electron chi connectivity index (χ0n) is 16.7. The van der Waals surface area contributed by atoms with Gasteiger partial charge < -0.3 is 9.88 Å². The molecule has 10 heteroatoms. The van der Waals surface area contributed by atoms with Gasteiger partial charge >= 0.3 is 0 Å². The summed E-state index contributed by atoms with van der Waals surface area (Å²) in [5, 5.41) is 3.07. The summed E-state index contributed by atoms with van der Waals surface area (Å²) in [6.45, 7) is 3.04. The molecular weight excluding hydrogens is 419 g/mol. The van der Waals surface area contributed by atoms with E-state index in [1.165, 1.54) is 25.3 Å². The minimum Gasteiger partial charge on any atom is -0.363 e. The lowest BCUT2D eigenvalue weighted by atomic mass is 9.90. The highest BCUT2D eigenvalue weighted by molar-refractivity contribution is 5.88. The molecule has 2 heterocycles. The SMILES string of the molecule is Cc1nc(N[C@H](C)c2cccc(C(F)F)c2F)c2cn(C3CC(F)C3)c(=O)c(F)c2n1. The third-order valence-corrected chi connectivity index (χ3v) is 5.52. The number of alkyl halides is 3. The molecule has 1 N–H and O–H groups in total. The van der Waals surface area contributed by atoms with Crippen LogP contribution in [0.25, 0.3) is 10.9 Å². The Bertz CT molecular complexity index is 1210. The number of anilines is 1. The first-order valence-corrected chi connectivity index (χ1v) is 9.73. The van der Waals surface area contributed by atoms with Crippen molar-refractivity contribution in [2.24, 2.45) is 0 Å². The monoisotopic (exact) mass is 438 g/mol. The van der Waals surface area contributed by atoms with E-state index in [4.69, 9.17) is 0 Å². The Morgan fingerprint density at radius 1 is 1.13 bits per heavy atom.